The molecular weight excluding hydrogens is 226 g/mol. The van der Waals surface area contributed by atoms with Gasteiger partial charge in [-0.25, -0.2) is 0 Å². The Kier molecular flexibility index (Phi) is 2.48. The fourth-order valence-electron chi connectivity index (χ4n) is 2.06. The van der Waals surface area contributed by atoms with Crippen molar-refractivity contribution < 1.29 is 0 Å². The van der Waals surface area contributed by atoms with Crippen molar-refractivity contribution in [3.05, 3.63) is 58.5 Å². The summed E-state index contributed by atoms with van der Waals surface area (Å²) < 4.78 is 1.41. The lowest BCUT2D eigenvalue weighted by Gasteiger charge is -2.03. The maximum atomic E-state index is 12.0. The second kappa shape index (κ2) is 4.14. The summed E-state index contributed by atoms with van der Waals surface area (Å²) in [6.45, 7) is 2.05. The molecule has 2 aromatic heterocycles. The molecule has 0 radical (unpaired) electrons. The minimum atomic E-state index is -0.109. The van der Waals surface area contributed by atoms with Crippen LogP contribution < -0.4 is 5.56 Å². The van der Waals surface area contributed by atoms with E-state index in [4.69, 9.17) is 0 Å². The third kappa shape index (κ3) is 1.62. The van der Waals surface area contributed by atoms with Crippen LogP contribution in [0.5, 0.6) is 0 Å². The van der Waals surface area contributed by atoms with E-state index in [1.54, 1.807) is 12.3 Å². The van der Waals surface area contributed by atoms with E-state index in [9.17, 15) is 4.79 Å². The maximum absolute atomic E-state index is 12.0. The Morgan fingerprint density at radius 2 is 2.06 bits per heavy atom. The average molecular weight is 239 g/mol. The highest BCUT2D eigenvalue weighted by Gasteiger charge is 2.08. The SMILES string of the molecule is CCc1cnn2c(=O)cc(-c3ccccc3)[nH]c12. The van der Waals surface area contributed by atoms with Crippen LogP contribution in [0.15, 0.2) is 47.4 Å². The van der Waals surface area contributed by atoms with Crippen molar-refractivity contribution in [3.63, 3.8) is 0 Å². The molecule has 0 aliphatic heterocycles. The van der Waals surface area contributed by atoms with Crippen LogP contribution in [-0.4, -0.2) is 14.6 Å². The van der Waals surface area contributed by atoms with Crippen LogP contribution in [0.4, 0.5) is 0 Å². The standard InChI is InChI=1S/C14H13N3O/c1-2-10-9-15-17-13(18)8-12(16-14(10)17)11-6-4-3-5-7-11/h3-9,16H,2H2,1H3. The van der Waals surface area contributed by atoms with Gasteiger partial charge in [0.05, 0.1) is 11.9 Å². The van der Waals surface area contributed by atoms with E-state index < -0.39 is 0 Å². The first-order valence-corrected chi connectivity index (χ1v) is 5.95. The zero-order valence-electron chi connectivity index (χ0n) is 10.1. The molecule has 0 saturated heterocycles. The van der Waals surface area contributed by atoms with Crippen molar-refractivity contribution in [3.8, 4) is 11.3 Å². The number of rotatable bonds is 2. The minimum absolute atomic E-state index is 0.109. The lowest BCUT2D eigenvalue weighted by Crippen LogP contribution is -2.14. The third-order valence-corrected chi connectivity index (χ3v) is 3.04. The Morgan fingerprint density at radius 1 is 1.28 bits per heavy atom. The van der Waals surface area contributed by atoms with E-state index in [1.807, 2.05) is 37.3 Å². The molecule has 0 atom stereocenters. The predicted molar refractivity (Wildman–Crippen MR) is 70.6 cm³/mol. The van der Waals surface area contributed by atoms with Gasteiger partial charge in [0, 0.05) is 11.6 Å². The van der Waals surface area contributed by atoms with Crippen molar-refractivity contribution in [2.45, 2.75) is 13.3 Å². The van der Waals surface area contributed by atoms with Gasteiger partial charge in [0.15, 0.2) is 0 Å². The van der Waals surface area contributed by atoms with Crippen LogP contribution in [-0.2, 0) is 6.42 Å². The molecule has 1 N–H and O–H groups in total. The van der Waals surface area contributed by atoms with Crippen molar-refractivity contribution in [1.82, 2.24) is 14.6 Å². The number of nitrogens with one attached hydrogen (secondary N) is 1. The lowest BCUT2D eigenvalue weighted by molar-refractivity contribution is 0.901. The number of benzene rings is 1. The van der Waals surface area contributed by atoms with Gasteiger partial charge in [-0.15, -0.1) is 0 Å². The molecule has 3 rings (SSSR count). The van der Waals surface area contributed by atoms with E-state index in [1.165, 1.54) is 4.52 Å². The number of aryl methyl sites for hydroxylation is 1. The third-order valence-electron chi connectivity index (χ3n) is 3.04. The summed E-state index contributed by atoms with van der Waals surface area (Å²) in [4.78, 5) is 15.3. The van der Waals surface area contributed by atoms with Gasteiger partial charge in [0.1, 0.15) is 5.65 Å². The monoisotopic (exact) mass is 239 g/mol. The van der Waals surface area contributed by atoms with Crippen LogP contribution in [0.25, 0.3) is 16.9 Å². The Morgan fingerprint density at radius 3 is 2.78 bits per heavy atom. The lowest BCUT2D eigenvalue weighted by atomic mass is 10.1. The molecule has 2 heterocycles. The number of aromatic nitrogens is 3. The highest BCUT2D eigenvalue weighted by atomic mass is 16.1. The molecule has 0 bridgehead atoms. The summed E-state index contributed by atoms with van der Waals surface area (Å²) in [5.74, 6) is 0. The van der Waals surface area contributed by atoms with Gasteiger partial charge in [0.25, 0.3) is 5.56 Å². The molecule has 0 fully saturated rings. The smallest absolute Gasteiger partial charge is 0.274 e. The van der Waals surface area contributed by atoms with Gasteiger partial charge in [-0.1, -0.05) is 37.3 Å². The van der Waals surface area contributed by atoms with Gasteiger partial charge in [0.2, 0.25) is 0 Å². The normalized spacial score (nSPS) is 10.9. The van der Waals surface area contributed by atoms with E-state index in [-0.39, 0.29) is 5.56 Å². The van der Waals surface area contributed by atoms with E-state index in [0.29, 0.717) is 0 Å². The highest BCUT2D eigenvalue weighted by molar-refractivity contribution is 5.62. The Labute approximate surface area is 104 Å². The number of nitrogens with zero attached hydrogens (tertiary/aromatic N) is 2. The van der Waals surface area contributed by atoms with E-state index in [2.05, 4.69) is 10.1 Å². The number of aromatic amines is 1. The summed E-state index contributed by atoms with van der Waals surface area (Å²) in [6.07, 6.45) is 2.58. The zero-order chi connectivity index (χ0) is 12.5. The molecule has 90 valence electrons. The number of hydrogen-bond donors (Lipinski definition) is 1. The highest BCUT2D eigenvalue weighted by Crippen LogP contribution is 2.16. The van der Waals surface area contributed by atoms with Crippen LogP contribution in [0, 0.1) is 0 Å². The molecule has 0 aliphatic rings. The summed E-state index contributed by atoms with van der Waals surface area (Å²) in [5, 5.41) is 4.10. The fourth-order valence-corrected chi connectivity index (χ4v) is 2.06. The van der Waals surface area contributed by atoms with Crippen LogP contribution in [0.2, 0.25) is 0 Å². The quantitative estimate of drug-likeness (QED) is 0.745. The van der Waals surface area contributed by atoms with Crippen molar-refractivity contribution in [1.29, 1.82) is 0 Å². The number of hydrogen-bond acceptors (Lipinski definition) is 2. The molecular formula is C14H13N3O. The molecule has 4 nitrogen and oxygen atoms in total. The molecule has 4 heteroatoms. The summed E-state index contributed by atoms with van der Waals surface area (Å²) in [5.41, 5.74) is 3.54. The van der Waals surface area contributed by atoms with Gasteiger partial charge >= 0.3 is 0 Å². The van der Waals surface area contributed by atoms with Crippen molar-refractivity contribution >= 4 is 5.65 Å². The average Bonchev–Trinajstić information content (AvgIpc) is 2.83. The fraction of sp³-hybridized carbons (Fsp3) is 0.143. The van der Waals surface area contributed by atoms with E-state index >= 15 is 0 Å². The molecule has 1 aromatic carbocycles. The number of fused-ring (bicyclic) bond motifs is 1. The summed E-state index contributed by atoms with van der Waals surface area (Å²) >= 11 is 0. The first-order chi connectivity index (χ1) is 8.79. The topological polar surface area (TPSA) is 50.2 Å². The molecule has 0 spiro atoms. The van der Waals surface area contributed by atoms with Crippen LogP contribution >= 0.6 is 0 Å². The molecule has 0 unspecified atom stereocenters. The summed E-state index contributed by atoms with van der Waals surface area (Å²) in [6, 6.07) is 11.4. The van der Waals surface area contributed by atoms with Gasteiger partial charge in [-0.05, 0) is 12.0 Å². The Balaban J connectivity index is 2.29. The van der Waals surface area contributed by atoms with Crippen molar-refractivity contribution in [2.75, 3.05) is 0 Å². The molecule has 18 heavy (non-hydrogen) atoms. The van der Waals surface area contributed by atoms with Crippen LogP contribution in [0.1, 0.15) is 12.5 Å². The second-order valence-corrected chi connectivity index (χ2v) is 4.17. The maximum Gasteiger partial charge on any atom is 0.274 e. The van der Waals surface area contributed by atoms with Crippen molar-refractivity contribution in [2.24, 2.45) is 0 Å². The predicted octanol–water partition coefficient (Wildman–Crippen LogP) is 2.25. The second-order valence-electron chi connectivity index (χ2n) is 4.17. The Hall–Kier alpha value is -2.36. The van der Waals surface area contributed by atoms with Crippen LogP contribution in [0.3, 0.4) is 0 Å². The molecule has 3 aromatic rings. The molecule has 0 amide bonds. The first-order valence-electron chi connectivity index (χ1n) is 5.95. The largest absolute Gasteiger partial charge is 0.339 e. The summed E-state index contributed by atoms with van der Waals surface area (Å²) in [7, 11) is 0. The van der Waals surface area contributed by atoms with E-state index in [0.717, 1.165) is 28.9 Å². The van der Waals surface area contributed by atoms with Gasteiger partial charge in [-0.2, -0.15) is 9.61 Å². The zero-order valence-corrected chi connectivity index (χ0v) is 10.1. The number of H-pyrrole nitrogens is 1. The molecule has 0 aliphatic carbocycles. The van der Waals surface area contributed by atoms with Gasteiger partial charge in [-0.3, -0.25) is 4.79 Å². The minimum Gasteiger partial charge on any atom is -0.339 e. The molecule has 0 saturated carbocycles. The Bertz CT molecular complexity index is 741. The van der Waals surface area contributed by atoms with Gasteiger partial charge < -0.3 is 4.98 Å². The first kappa shape index (κ1) is 10.8.